The van der Waals surface area contributed by atoms with Crippen LogP contribution in [0.2, 0.25) is 0 Å². The third-order valence-corrected chi connectivity index (χ3v) is 2.75. The van der Waals surface area contributed by atoms with E-state index in [9.17, 15) is 4.79 Å². The highest BCUT2D eigenvalue weighted by atomic mass is 16.2. The summed E-state index contributed by atoms with van der Waals surface area (Å²) in [5.41, 5.74) is 7.58. The summed E-state index contributed by atoms with van der Waals surface area (Å²) in [7, 11) is 1.85. The lowest BCUT2D eigenvalue weighted by atomic mass is 9.98. The Morgan fingerprint density at radius 1 is 1.36 bits per heavy atom. The molecule has 14 heavy (non-hydrogen) atoms. The molecule has 0 radical (unpaired) electrons. The van der Waals surface area contributed by atoms with Gasteiger partial charge in [-0.2, -0.15) is 0 Å². The molecule has 1 aromatic rings. The van der Waals surface area contributed by atoms with Crippen LogP contribution in [-0.2, 0) is 4.79 Å². The zero-order chi connectivity index (χ0) is 10.1. The van der Waals surface area contributed by atoms with E-state index in [-0.39, 0.29) is 5.91 Å². The fraction of sp³-hybridized carbons (Fsp3) is 0.364. The number of nitrogens with zero attached hydrogens (tertiary/aromatic N) is 1. The minimum absolute atomic E-state index is 0.229. The highest BCUT2D eigenvalue weighted by molar-refractivity contribution is 5.79. The van der Waals surface area contributed by atoms with Crippen LogP contribution in [0.1, 0.15) is 17.9 Å². The van der Waals surface area contributed by atoms with Crippen molar-refractivity contribution in [2.75, 3.05) is 19.3 Å². The van der Waals surface area contributed by atoms with Crippen molar-refractivity contribution in [3.63, 3.8) is 0 Å². The van der Waals surface area contributed by atoms with Gasteiger partial charge in [-0.25, -0.2) is 0 Å². The summed E-state index contributed by atoms with van der Waals surface area (Å²) in [5, 5.41) is 0. The molecule has 3 heteroatoms. The van der Waals surface area contributed by atoms with Gasteiger partial charge in [0, 0.05) is 31.6 Å². The number of nitrogen functional groups attached to an aromatic ring is 1. The molecule has 1 saturated heterocycles. The number of rotatable bonds is 1. The number of carbonyl (C=O) groups is 1. The molecule has 1 heterocycles. The quantitative estimate of drug-likeness (QED) is 0.677. The van der Waals surface area contributed by atoms with Crippen LogP contribution >= 0.6 is 0 Å². The molecule has 1 aliphatic rings. The van der Waals surface area contributed by atoms with Crippen LogP contribution in [0.5, 0.6) is 0 Å². The lowest BCUT2D eigenvalue weighted by Gasteiger charge is -2.10. The summed E-state index contributed by atoms with van der Waals surface area (Å²) in [6.45, 7) is 0.822. The Morgan fingerprint density at radius 2 is 2.00 bits per heavy atom. The molecule has 1 aromatic carbocycles. The van der Waals surface area contributed by atoms with Crippen LogP contribution in [0, 0.1) is 0 Å². The monoisotopic (exact) mass is 190 g/mol. The number of likely N-dealkylation sites (tertiary alicyclic amines) is 1. The number of anilines is 1. The van der Waals surface area contributed by atoms with E-state index in [1.807, 2.05) is 31.3 Å². The standard InChI is InChI=1S/C11H14N2O/c1-13-7-9(6-11(13)14)8-2-4-10(12)5-3-8/h2-5,9H,6-7,12H2,1H3/t9-/m0/s1. The van der Waals surface area contributed by atoms with E-state index in [4.69, 9.17) is 5.73 Å². The number of nitrogens with two attached hydrogens (primary N) is 1. The zero-order valence-electron chi connectivity index (χ0n) is 8.23. The first kappa shape index (κ1) is 9.06. The molecule has 0 unspecified atom stereocenters. The van der Waals surface area contributed by atoms with E-state index in [1.54, 1.807) is 4.90 Å². The molecule has 1 atom stereocenters. The molecule has 2 N–H and O–H groups in total. The van der Waals surface area contributed by atoms with Gasteiger partial charge in [0.25, 0.3) is 0 Å². The number of carbonyl (C=O) groups excluding carboxylic acids is 1. The van der Waals surface area contributed by atoms with Crippen LogP contribution in [0.3, 0.4) is 0 Å². The second-order valence-electron chi connectivity index (χ2n) is 3.84. The van der Waals surface area contributed by atoms with E-state index in [1.165, 1.54) is 5.56 Å². The van der Waals surface area contributed by atoms with Gasteiger partial charge in [-0.3, -0.25) is 4.79 Å². The maximum atomic E-state index is 11.3. The van der Waals surface area contributed by atoms with E-state index < -0.39 is 0 Å². The average molecular weight is 190 g/mol. The fourth-order valence-electron chi connectivity index (χ4n) is 1.86. The van der Waals surface area contributed by atoms with Gasteiger partial charge in [0.15, 0.2) is 0 Å². The first-order chi connectivity index (χ1) is 6.66. The Hall–Kier alpha value is -1.51. The van der Waals surface area contributed by atoms with Gasteiger partial charge in [-0.1, -0.05) is 12.1 Å². The Balaban J connectivity index is 2.17. The molecule has 0 aliphatic carbocycles. The topological polar surface area (TPSA) is 46.3 Å². The molecule has 1 aliphatic heterocycles. The van der Waals surface area contributed by atoms with Crippen molar-refractivity contribution in [2.24, 2.45) is 0 Å². The maximum absolute atomic E-state index is 11.3. The molecular weight excluding hydrogens is 176 g/mol. The molecule has 1 fully saturated rings. The van der Waals surface area contributed by atoms with Gasteiger partial charge < -0.3 is 10.6 Å². The molecule has 0 spiro atoms. The molecule has 0 aromatic heterocycles. The van der Waals surface area contributed by atoms with Crippen molar-refractivity contribution >= 4 is 11.6 Å². The van der Waals surface area contributed by atoms with Crippen molar-refractivity contribution in [3.8, 4) is 0 Å². The second kappa shape index (κ2) is 3.33. The van der Waals surface area contributed by atoms with E-state index in [2.05, 4.69) is 0 Å². The van der Waals surface area contributed by atoms with Gasteiger partial charge in [0.2, 0.25) is 5.91 Å². The lowest BCUT2D eigenvalue weighted by molar-refractivity contribution is -0.126. The van der Waals surface area contributed by atoms with Crippen molar-refractivity contribution in [1.82, 2.24) is 4.90 Å². The highest BCUT2D eigenvalue weighted by Crippen LogP contribution is 2.27. The first-order valence-electron chi connectivity index (χ1n) is 4.76. The molecule has 74 valence electrons. The van der Waals surface area contributed by atoms with Gasteiger partial charge in [-0.15, -0.1) is 0 Å². The van der Waals surface area contributed by atoms with E-state index in [0.29, 0.717) is 12.3 Å². The Bertz CT molecular complexity index is 345. The van der Waals surface area contributed by atoms with E-state index >= 15 is 0 Å². The van der Waals surface area contributed by atoms with E-state index in [0.717, 1.165) is 12.2 Å². The van der Waals surface area contributed by atoms with Crippen molar-refractivity contribution < 1.29 is 4.79 Å². The molecule has 0 saturated carbocycles. The lowest BCUT2D eigenvalue weighted by Crippen LogP contribution is -2.18. The average Bonchev–Trinajstić information content (AvgIpc) is 2.48. The van der Waals surface area contributed by atoms with Crippen molar-refractivity contribution in [3.05, 3.63) is 29.8 Å². The Labute approximate surface area is 83.5 Å². The predicted molar refractivity (Wildman–Crippen MR) is 55.8 cm³/mol. The Morgan fingerprint density at radius 3 is 2.50 bits per heavy atom. The largest absolute Gasteiger partial charge is 0.399 e. The molecular formula is C11H14N2O. The number of hydrogen-bond donors (Lipinski definition) is 1. The van der Waals surface area contributed by atoms with Crippen LogP contribution in [0.25, 0.3) is 0 Å². The Kier molecular flexibility index (Phi) is 2.15. The maximum Gasteiger partial charge on any atom is 0.223 e. The smallest absolute Gasteiger partial charge is 0.223 e. The first-order valence-corrected chi connectivity index (χ1v) is 4.76. The third-order valence-electron chi connectivity index (χ3n) is 2.75. The van der Waals surface area contributed by atoms with Crippen LogP contribution in [0.15, 0.2) is 24.3 Å². The van der Waals surface area contributed by atoms with Crippen LogP contribution < -0.4 is 5.73 Å². The SMILES string of the molecule is CN1C[C@@H](c2ccc(N)cc2)CC1=O. The van der Waals surface area contributed by atoms with Crippen molar-refractivity contribution in [2.45, 2.75) is 12.3 Å². The number of benzene rings is 1. The number of hydrogen-bond acceptors (Lipinski definition) is 2. The predicted octanol–water partition coefficient (Wildman–Crippen LogP) is 1.21. The summed E-state index contributed by atoms with van der Waals surface area (Å²) in [5.74, 6) is 0.569. The fourth-order valence-corrected chi connectivity index (χ4v) is 1.86. The third kappa shape index (κ3) is 1.58. The summed E-state index contributed by atoms with van der Waals surface area (Å²) in [4.78, 5) is 13.1. The molecule has 0 bridgehead atoms. The minimum atomic E-state index is 0.229. The summed E-state index contributed by atoms with van der Waals surface area (Å²) >= 11 is 0. The second-order valence-corrected chi connectivity index (χ2v) is 3.84. The number of likely N-dealkylation sites (N-methyl/N-ethyl adjacent to an activating group) is 1. The summed E-state index contributed by atoms with van der Waals surface area (Å²) in [6, 6.07) is 7.79. The van der Waals surface area contributed by atoms with Crippen LogP contribution in [-0.4, -0.2) is 24.4 Å². The van der Waals surface area contributed by atoms with Gasteiger partial charge in [0.05, 0.1) is 0 Å². The molecule has 1 amide bonds. The minimum Gasteiger partial charge on any atom is -0.399 e. The highest BCUT2D eigenvalue weighted by Gasteiger charge is 2.27. The summed E-state index contributed by atoms with van der Waals surface area (Å²) < 4.78 is 0. The molecule has 2 rings (SSSR count). The van der Waals surface area contributed by atoms with Crippen LogP contribution in [0.4, 0.5) is 5.69 Å². The normalized spacial score (nSPS) is 21.6. The van der Waals surface area contributed by atoms with Gasteiger partial charge in [-0.05, 0) is 17.7 Å². The summed E-state index contributed by atoms with van der Waals surface area (Å²) in [6.07, 6.45) is 0.625. The number of amides is 1. The van der Waals surface area contributed by atoms with Gasteiger partial charge in [0.1, 0.15) is 0 Å². The van der Waals surface area contributed by atoms with Crippen molar-refractivity contribution in [1.29, 1.82) is 0 Å². The zero-order valence-corrected chi connectivity index (χ0v) is 8.23. The molecule has 3 nitrogen and oxygen atoms in total. The van der Waals surface area contributed by atoms with Gasteiger partial charge >= 0.3 is 0 Å².